The van der Waals surface area contributed by atoms with Crippen molar-refractivity contribution < 1.29 is 9.59 Å². The summed E-state index contributed by atoms with van der Waals surface area (Å²) in [5.74, 6) is -0.119. The van der Waals surface area contributed by atoms with Crippen molar-refractivity contribution in [3.63, 3.8) is 0 Å². The topological polar surface area (TPSA) is 52.7 Å². The molecule has 0 radical (unpaired) electrons. The van der Waals surface area contributed by atoms with Gasteiger partial charge in [0.1, 0.15) is 6.04 Å². The summed E-state index contributed by atoms with van der Waals surface area (Å²) in [6.45, 7) is 2.94. The summed E-state index contributed by atoms with van der Waals surface area (Å²) in [6, 6.07) is -0.537. The second kappa shape index (κ2) is 5.87. The molecule has 5 nitrogen and oxygen atoms in total. The molecule has 1 aliphatic heterocycles. The van der Waals surface area contributed by atoms with Crippen molar-refractivity contribution >= 4 is 23.5 Å². The van der Waals surface area contributed by atoms with E-state index in [4.69, 9.17) is 11.6 Å². The van der Waals surface area contributed by atoms with Crippen LogP contribution in [0.3, 0.4) is 0 Å². The number of urea groups is 1. The quantitative estimate of drug-likeness (QED) is 0.800. The first-order valence-electron chi connectivity index (χ1n) is 6.66. The third-order valence-electron chi connectivity index (χ3n) is 3.85. The molecule has 2 aliphatic rings. The molecular weight excluding hydrogens is 278 g/mol. The van der Waals surface area contributed by atoms with Gasteiger partial charge in [-0.3, -0.25) is 4.79 Å². The lowest BCUT2D eigenvalue weighted by atomic mass is 9.98. The molecule has 0 aromatic rings. The predicted octanol–water partition coefficient (Wildman–Crippen LogP) is 1.35. The molecule has 0 bridgehead atoms. The zero-order chi connectivity index (χ0) is 14.9. The molecule has 1 fully saturated rings. The first-order valence-corrected chi connectivity index (χ1v) is 7.10. The van der Waals surface area contributed by atoms with Crippen LogP contribution in [0.2, 0.25) is 0 Å². The molecule has 2 rings (SSSR count). The third-order valence-corrected chi connectivity index (χ3v) is 4.15. The Bertz CT molecular complexity index is 487. The first-order chi connectivity index (χ1) is 9.40. The molecule has 0 aromatic carbocycles. The summed E-state index contributed by atoms with van der Waals surface area (Å²) in [6.07, 6.45) is 4.72. The molecule has 2 atom stereocenters. The lowest BCUT2D eigenvalue weighted by molar-refractivity contribution is -0.124. The van der Waals surface area contributed by atoms with Crippen LogP contribution in [0.15, 0.2) is 23.3 Å². The minimum atomic E-state index is -0.415. The number of likely N-dealkylation sites (N-methyl/N-ethyl adjacent to an activating group) is 2. The van der Waals surface area contributed by atoms with E-state index in [-0.39, 0.29) is 17.3 Å². The van der Waals surface area contributed by atoms with Crippen molar-refractivity contribution in [1.29, 1.82) is 0 Å². The van der Waals surface area contributed by atoms with E-state index in [0.29, 0.717) is 13.1 Å². The van der Waals surface area contributed by atoms with Crippen LogP contribution < -0.4 is 5.32 Å². The molecule has 20 heavy (non-hydrogen) atoms. The standard InChI is InChI=1S/C14H20ClN3O2/c1-9-6-11(15)5-4-10(9)7-16-13(19)12-8-17(2)14(20)18(12)3/h4-5,11-12H,6-8H2,1-3H3,(H,16,19). The zero-order valence-corrected chi connectivity index (χ0v) is 12.8. The zero-order valence-electron chi connectivity index (χ0n) is 12.0. The van der Waals surface area contributed by atoms with Gasteiger partial charge < -0.3 is 15.1 Å². The van der Waals surface area contributed by atoms with Gasteiger partial charge in [0.05, 0.1) is 11.9 Å². The van der Waals surface area contributed by atoms with E-state index in [2.05, 4.69) is 5.32 Å². The number of carbonyl (C=O) groups excluding carboxylic acids is 2. The van der Waals surface area contributed by atoms with Gasteiger partial charge in [0.2, 0.25) is 5.91 Å². The molecule has 1 N–H and O–H groups in total. The Morgan fingerprint density at radius 3 is 2.75 bits per heavy atom. The van der Waals surface area contributed by atoms with Crippen molar-refractivity contribution in [2.24, 2.45) is 0 Å². The van der Waals surface area contributed by atoms with Crippen LogP contribution in [0.4, 0.5) is 4.79 Å². The van der Waals surface area contributed by atoms with E-state index in [1.165, 1.54) is 10.5 Å². The van der Waals surface area contributed by atoms with E-state index in [1.807, 2.05) is 19.1 Å². The van der Waals surface area contributed by atoms with Crippen LogP contribution in [0.1, 0.15) is 13.3 Å². The van der Waals surface area contributed by atoms with E-state index in [0.717, 1.165) is 12.0 Å². The highest BCUT2D eigenvalue weighted by molar-refractivity contribution is 6.22. The van der Waals surface area contributed by atoms with E-state index >= 15 is 0 Å². The lowest BCUT2D eigenvalue weighted by Gasteiger charge is -2.20. The van der Waals surface area contributed by atoms with Gasteiger partial charge in [-0.05, 0) is 18.9 Å². The maximum absolute atomic E-state index is 12.2. The van der Waals surface area contributed by atoms with Crippen molar-refractivity contribution in [1.82, 2.24) is 15.1 Å². The van der Waals surface area contributed by atoms with Crippen molar-refractivity contribution in [2.45, 2.75) is 24.8 Å². The molecule has 0 aromatic heterocycles. The average Bonchev–Trinajstić information content (AvgIpc) is 2.65. The van der Waals surface area contributed by atoms with Crippen LogP contribution in [0.25, 0.3) is 0 Å². The number of alkyl halides is 1. The van der Waals surface area contributed by atoms with Crippen LogP contribution in [0.5, 0.6) is 0 Å². The Kier molecular flexibility index (Phi) is 4.38. The first kappa shape index (κ1) is 14.9. The highest BCUT2D eigenvalue weighted by atomic mass is 35.5. The number of hydrogen-bond acceptors (Lipinski definition) is 2. The van der Waals surface area contributed by atoms with Gasteiger partial charge >= 0.3 is 6.03 Å². The molecule has 0 saturated carbocycles. The number of nitrogens with zero attached hydrogens (tertiary/aromatic N) is 2. The Morgan fingerprint density at radius 1 is 1.50 bits per heavy atom. The maximum Gasteiger partial charge on any atom is 0.320 e. The van der Waals surface area contributed by atoms with Crippen molar-refractivity contribution in [3.05, 3.63) is 23.3 Å². The molecule has 2 unspecified atom stereocenters. The number of hydrogen-bond donors (Lipinski definition) is 1. The van der Waals surface area contributed by atoms with Gasteiger partial charge in [0.25, 0.3) is 0 Å². The SMILES string of the molecule is CC1=C(CNC(=O)C2CN(C)C(=O)N2C)C=CC(Cl)C1. The lowest BCUT2D eigenvalue weighted by Crippen LogP contribution is -2.44. The van der Waals surface area contributed by atoms with Gasteiger partial charge in [-0.2, -0.15) is 0 Å². The molecule has 6 heteroatoms. The monoisotopic (exact) mass is 297 g/mol. The third kappa shape index (κ3) is 2.98. The smallest absolute Gasteiger partial charge is 0.320 e. The summed E-state index contributed by atoms with van der Waals surface area (Å²) in [7, 11) is 3.35. The summed E-state index contributed by atoms with van der Waals surface area (Å²) >= 11 is 6.04. The number of nitrogens with one attached hydrogen (secondary N) is 1. The van der Waals surface area contributed by atoms with E-state index < -0.39 is 6.04 Å². The predicted molar refractivity (Wildman–Crippen MR) is 78.7 cm³/mol. The Balaban J connectivity index is 1.92. The van der Waals surface area contributed by atoms with Gasteiger partial charge in [-0.1, -0.05) is 17.7 Å². The van der Waals surface area contributed by atoms with E-state index in [1.54, 1.807) is 19.0 Å². The van der Waals surface area contributed by atoms with Crippen molar-refractivity contribution in [3.8, 4) is 0 Å². The minimum absolute atomic E-state index is 0.0432. The van der Waals surface area contributed by atoms with Gasteiger partial charge in [0.15, 0.2) is 0 Å². The second-order valence-corrected chi connectivity index (χ2v) is 5.95. The molecule has 110 valence electrons. The van der Waals surface area contributed by atoms with Crippen molar-refractivity contribution in [2.75, 3.05) is 27.2 Å². The Morgan fingerprint density at radius 2 is 2.20 bits per heavy atom. The number of amides is 3. The van der Waals surface area contributed by atoms with Gasteiger partial charge in [-0.25, -0.2) is 4.79 Å². The van der Waals surface area contributed by atoms with Gasteiger partial charge in [0, 0.05) is 20.6 Å². The Labute approximate surface area is 124 Å². The molecule has 0 spiro atoms. The largest absolute Gasteiger partial charge is 0.350 e. The molecule has 3 amide bonds. The molecule has 1 heterocycles. The fourth-order valence-corrected chi connectivity index (χ4v) is 2.79. The number of halogens is 1. The number of allylic oxidation sites excluding steroid dienone is 2. The molecule has 1 aliphatic carbocycles. The summed E-state index contributed by atoms with van der Waals surface area (Å²) in [5, 5.41) is 2.94. The summed E-state index contributed by atoms with van der Waals surface area (Å²) in [5.41, 5.74) is 2.29. The van der Waals surface area contributed by atoms with Crippen LogP contribution in [-0.2, 0) is 4.79 Å². The van der Waals surface area contributed by atoms with Crippen LogP contribution in [0, 0.1) is 0 Å². The minimum Gasteiger partial charge on any atom is -0.350 e. The number of carbonyl (C=O) groups is 2. The second-order valence-electron chi connectivity index (χ2n) is 5.39. The number of rotatable bonds is 3. The van der Waals surface area contributed by atoms with Crippen LogP contribution >= 0.6 is 11.6 Å². The fraction of sp³-hybridized carbons (Fsp3) is 0.571. The Hall–Kier alpha value is -1.49. The van der Waals surface area contributed by atoms with Crippen LogP contribution in [-0.4, -0.2) is 60.3 Å². The normalized spacial score (nSPS) is 26.5. The van der Waals surface area contributed by atoms with E-state index in [9.17, 15) is 9.59 Å². The maximum atomic E-state index is 12.2. The summed E-state index contributed by atoms with van der Waals surface area (Å²) < 4.78 is 0. The molecule has 1 saturated heterocycles. The highest BCUT2D eigenvalue weighted by Crippen LogP contribution is 2.22. The fourth-order valence-electron chi connectivity index (χ4n) is 2.49. The highest BCUT2D eigenvalue weighted by Gasteiger charge is 2.36. The summed E-state index contributed by atoms with van der Waals surface area (Å²) in [4.78, 5) is 26.8. The average molecular weight is 298 g/mol. The molecular formula is C14H20ClN3O2. The van der Waals surface area contributed by atoms with Gasteiger partial charge in [-0.15, -0.1) is 11.6 Å².